The second-order valence-corrected chi connectivity index (χ2v) is 10.5. The molecule has 4 heterocycles. The van der Waals surface area contributed by atoms with Gasteiger partial charge in [0.15, 0.2) is 0 Å². The predicted octanol–water partition coefficient (Wildman–Crippen LogP) is 1.06. The Kier molecular flexibility index (Phi) is 7.34. The number of primary amides is 1. The number of piperidine rings is 3. The summed E-state index contributed by atoms with van der Waals surface area (Å²) in [6, 6.07) is 5.31. The lowest BCUT2D eigenvalue weighted by Crippen LogP contribution is -2.44. The molecule has 1 aromatic heterocycles. The molecule has 0 bridgehead atoms. The van der Waals surface area contributed by atoms with E-state index in [4.69, 9.17) is 10.5 Å². The molecule has 5 rings (SSSR count). The average Bonchev–Trinajstić information content (AvgIpc) is 3.14. The van der Waals surface area contributed by atoms with Gasteiger partial charge in [-0.25, -0.2) is 9.59 Å². The van der Waals surface area contributed by atoms with Crippen molar-refractivity contribution in [3.8, 4) is 0 Å². The fraction of sp³-hybridized carbons (Fsp3) is 0.615. The van der Waals surface area contributed by atoms with Crippen molar-refractivity contribution in [3.63, 3.8) is 0 Å². The highest BCUT2D eigenvalue weighted by Crippen LogP contribution is 2.34. The lowest BCUT2D eigenvalue weighted by Gasteiger charge is -2.36. The molecule has 11 nitrogen and oxygen atoms in total. The minimum Gasteiger partial charge on any atom is -0.446 e. The van der Waals surface area contributed by atoms with Gasteiger partial charge in [0.1, 0.15) is 12.1 Å². The van der Waals surface area contributed by atoms with Gasteiger partial charge < -0.3 is 20.3 Å². The molecule has 0 radical (unpaired) electrons. The van der Waals surface area contributed by atoms with Crippen LogP contribution in [0.2, 0.25) is 0 Å². The molecule has 1 aromatic carbocycles. The topological polar surface area (TPSA) is 132 Å². The van der Waals surface area contributed by atoms with Crippen LogP contribution in [0.1, 0.15) is 56.0 Å². The summed E-state index contributed by atoms with van der Waals surface area (Å²) < 4.78 is 8.35. The van der Waals surface area contributed by atoms with Crippen LogP contribution in [0, 0.1) is 0 Å². The van der Waals surface area contributed by atoms with Crippen LogP contribution in [0.4, 0.5) is 4.79 Å². The van der Waals surface area contributed by atoms with Crippen LogP contribution in [0.15, 0.2) is 23.0 Å². The van der Waals surface area contributed by atoms with Crippen LogP contribution in [0.5, 0.6) is 0 Å². The van der Waals surface area contributed by atoms with E-state index < -0.39 is 18.0 Å². The van der Waals surface area contributed by atoms with Gasteiger partial charge in [0.25, 0.3) is 0 Å². The van der Waals surface area contributed by atoms with Crippen molar-refractivity contribution in [2.75, 3.05) is 39.3 Å². The lowest BCUT2D eigenvalue weighted by atomic mass is 9.88. The molecule has 3 N–H and O–H groups in total. The van der Waals surface area contributed by atoms with Gasteiger partial charge in [0, 0.05) is 39.6 Å². The quantitative estimate of drug-likeness (QED) is 0.553. The molecule has 0 saturated carbocycles. The van der Waals surface area contributed by atoms with Crippen molar-refractivity contribution < 1.29 is 19.1 Å². The molecule has 3 amide bonds. The smallest absolute Gasteiger partial charge is 0.404 e. The summed E-state index contributed by atoms with van der Waals surface area (Å²) in [7, 11) is 1.77. The maximum atomic E-state index is 13.2. The van der Waals surface area contributed by atoms with Crippen molar-refractivity contribution >= 4 is 28.9 Å². The molecule has 1 unspecified atom stereocenters. The van der Waals surface area contributed by atoms with Crippen molar-refractivity contribution in [1.29, 1.82) is 0 Å². The number of aryl methyl sites for hydroxylation is 1. The molecule has 200 valence electrons. The molecule has 3 aliphatic heterocycles. The number of hydrogen-bond donors (Lipinski definition) is 2. The van der Waals surface area contributed by atoms with Crippen LogP contribution in [0.3, 0.4) is 0 Å². The van der Waals surface area contributed by atoms with Gasteiger partial charge >= 0.3 is 11.8 Å². The van der Waals surface area contributed by atoms with Gasteiger partial charge in [-0.1, -0.05) is 12.1 Å². The number of likely N-dealkylation sites (tertiary alicyclic amines) is 2. The third-order valence-corrected chi connectivity index (χ3v) is 8.23. The summed E-state index contributed by atoms with van der Waals surface area (Å²) in [5.41, 5.74) is 7.70. The highest BCUT2D eigenvalue weighted by molar-refractivity contribution is 6.00. The third-order valence-electron chi connectivity index (χ3n) is 8.23. The summed E-state index contributed by atoms with van der Waals surface area (Å²) >= 11 is 0. The fourth-order valence-corrected chi connectivity index (χ4v) is 6.19. The summed E-state index contributed by atoms with van der Waals surface area (Å²) in [5.74, 6) is -0.359. The van der Waals surface area contributed by atoms with E-state index in [1.807, 2.05) is 12.1 Å². The first kappa shape index (κ1) is 25.5. The summed E-state index contributed by atoms with van der Waals surface area (Å²) in [5, 5.41) is 2.38. The van der Waals surface area contributed by atoms with Crippen LogP contribution in [0.25, 0.3) is 11.0 Å². The van der Waals surface area contributed by atoms with Crippen molar-refractivity contribution in [1.82, 2.24) is 24.3 Å². The Labute approximate surface area is 215 Å². The maximum Gasteiger partial charge on any atom is 0.404 e. The average molecular weight is 513 g/mol. The zero-order chi connectivity index (χ0) is 26.1. The number of imidazole rings is 1. The highest BCUT2D eigenvalue weighted by Gasteiger charge is 2.32. The Morgan fingerprint density at radius 2 is 1.65 bits per heavy atom. The molecule has 0 aliphatic carbocycles. The standard InChI is InChI=1S/C26H36N6O5/c1-29-23-19(3-2-4-20(23)32(26(29)36)21-5-6-22(33)28-24(21)34)17-7-11-30(12-8-17)15-16-31-13-9-18(10-14-31)37-25(27)35/h2-4,17-18,21H,5-16H2,1H3,(H2,27,35)(H,28,33,34). The first-order chi connectivity index (χ1) is 17.8. The number of carbonyl (C=O) groups excluding carboxylic acids is 3. The summed E-state index contributed by atoms with van der Waals surface area (Å²) in [6.07, 6.45) is 3.48. The van der Waals surface area contributed by atoms with Gasteiger partial charge in [-0.2, -0.15) is 0 Å². The number of imide groups is 1. The minimum absolute atomic E-state index is 0.0620. The molecule has 37 heavy (non-hydrogen) atoms. The van der Waals surface area contributed by atoms with E-state index in [-0.39, 0.29) is 24.1 Å². The number of rotatable bonds is 6. The number of amides is 3. The Balaban J connectivity index is 1.22. The molecule has 3 saturated heterocycles. The van der Waals surface area contributed by atoms with Gasteiger partial charge in [0.2, 0.25) is 11.8 Å². The van der Waals surface area contributed by atoms with E-state index in [1.165, 1.54) is 0 Å². The number of nitrogens with zero attached hydrogens (tertiary/aromatic N) is 4. The lowest BCUT2D eigenvalue weighted by molar-refractivity contribution is -0.135. The first-order valence-electron chi connectivity index (χ1n) is 13.3. The van der Waals surface area contributed by atoms with E-state index in [2.05, 4.69) is 21.2 Å². The first-order valence-corrected chi connectivity index (χ1v) is 13.3. The largest absolute Gasteiger partial charge is 0.446 e. The van der Waals surface area contributed by atoms with Crippen LogP contribution in [-0.2, 0) is 21.4 Å². The zero-order valence-corrected chi connectivity index (χ0v) is 21.4. The van der Waals surface area contributed by atoms with E-state index in [1.54, 1.807) is 16.2 Å². The number of hydrogen-bond acceptors (Lipinski definition) is 7. The third kappa shape index (κ3) is 5.28. The van der Waals surface area contributed by atoms with Crippen LogP contribution < -0.4 is 16.7 Å². The Morgan fingerprint density at radius 3 is 2.27 bits per heavy atom. The van der Waals surface area contributed by atoms with Crippen molar-refractivity contribution in [2.24, 2.45) is 12.8 Å². The molecule has 1 atom stereocenters. The van der Waals surface area contributed by atoms with Gasteiger partial charge in [-0.3, -0.25) is 24.0 Å². The second kappa shape index (κ2) is 10.7. The van der Waals surface area contributed by atoms with Crippen molar-refractivity contribution in [3.05, 3.63) is 34.2 Å². The van der Waals surface area contributed by atoms with Crippen molar-refractivity contribution in [2.45, 2.75) is 56.6 Å². The molecular weight excluding hydrogens is 476 g/mol. The Bertz CT molecular complexity index is 1240. The van der Waals surface area contributed by atoms with E-state index in [9.17, 15) is 19.2 Å². The molecule has 2 aromatic rings. The Hall–Kier alpha value is -3.18. The van der Waals surface area contributed by atoms with E-state index >= 15 is 0 Å². The van der Waals surface area contributed by atoms with E-state index in [0.717, 1.165) is 81.5 Å². The Morgan fingerprint density at radius 1 is 1.00 bits per heavy atom. The number of nitrogens with one attached hydrogen (secondary N) is 1. The van der Waals surface area contributed by atoms with Gasteiger partial charge in [0.05, 0.1) is 11.0 Å². The number of benzene rings is 1. The molecule has 11 heteroatoms. The SMILES string of the molecule is Cn1c(=O)n(C2CCC(=O)NC2=O)c2cccc(C3CCN(CCN4CCC(OC(N)=O)CC4)CC3)c21. The monoisotopic (exact) mass is 512 g/mol. The zero-order valence-electron chi connectivity index (χ0n) is 21.4. The highest BCUT2D eigenvalue weighted by atomic mass is 16.6. The van der Waals surface area contributed by atoms with Crippen LogP contribution in [-0.4, -0.2) is 82.2 Å². The normalized spacial score (nSPS) is 22.9. The number of nitrogens with two attached hydrogens (primary N) is 1. The number of para-hydroxylation sites is 1. The second-order valence-electron chi connectivity index (χ2n) is 10.5. The minimum atomic E-state index is -0.690. The predicted molar refractivity (Wildman–Crippen MR) is 137 cm³/mol. The number of aromatic nitrogens is 2. The maximum absolute atomic E-state index is 13.2. The molecule has 0 spiro atoms. The molecule has 3 fully saturated rings. The summed E-state index contributed by atoms with van der Waals surface area (Å²) in [4.78, 5) is 53.2. The van der Waals surface area contributed by atoms with Gasteiger partial charge in [-0.05, 0) is 62.7 Å². The summed E-state index contributed by atoms with van der Waals surface area (Å²) in [6.45, 7) is 5.80. The fourth-order valence-electron chi connectivity index (χ4n) is 6.19. The molecule has 3 aliphatic rings. The van der Waals surface area contributed by atoms with Gasteiger partial charge in [-0.15, -0.1) is 0 Å². The number of fused-ring (bicyclic) bond motifs is 1. The molecular formula is C26H36N6O5. The number of carbonyl (C=O) groups is 3. The number of ether oxygens (including phenoxy) is 1. The van der Waals surface area contributed by atoms with Crippen LogP contribution >= 0.6 is 0 Å². The van der Waals surface area contributed by atoms with E-state index in [0.29, 0.717) is 12.3 Å².